The van der Waals surface area contributed by atoms with Gasteiger partial charge in [-0.2, -0.15) is 5.10 Å². The van der Waals surface area contributed by atoms with E-state index in [9.17, 15) is 14.7 Å². The normalized spacial score (nSPS) is 20.1. The van der Waals surface area contributed by atoms with E-state index < -0.39 is 17.7 Å². The SMILES string of the molecule is CC#CCN1C(=O)[C@@H]([C@H](O)C(C)C)NC(=O)C12CCN(Cc1c(C)nn(-c3ccc(C)cc3)c1C)CC2.Cl. The third-order valence-corrected chi connectivity index (χ3v) is 7.98. The van der Waals surface area contributed by atoms with Crippen molar-refractivity contribution in [1.29, 1.82) is 0 Å². The van der Waals surface area contributed by atoms with Crippen LogP contribution in [0.15, 0.2) is 24.3 Å². The Morgan fingerprint density at radius 2 is 1.76 bits per heavy atom. The van der Waals surface area contributed by atoms with Gasteiger partial charge in [-0.3, -0.25) is 14.5 Å². The molecule has 0 unspecified atom stereocenters. The second kappa shape index (κ2) is 11.9. The molecule has 9 heteroatoms. The maximum absolute atomic E-state index is 13.5. The van der Waals surface area contributed by atoms with Crippen LogP contribution in [0.2, 0.25) is 0 Å². The molecule has 2 atom stereocenters. The van der Waals surface area contributed by atoms with Crippen LogP contribution >= 0.6 is 12.4 Å². The largest absolute Gasteiger partial charge is 0.390 e. The van der Waals surface area contributed by atoms with Crippen molar-refractivity contribution in [2.24, 2.45) is 5.92 Å². The summed E-state index contributed by atoms with van der Waals surface area (Å²) in [5.41, 5.74) is 4.60. The van der Waals surface area contributed by atoms with Gasteiger partial charge < -0.3 is 15.3 Å². The molecule has 2 aromatic rings. The first kappa shape index (κ1) is 29.7. The number of carbonyl (C=O) groups is 2. The molecule has 0 saturated carbocycles. The number of likely N-dealkylation sites (tertiary alicyclic amines) is 1. The molecule has 3 heterocycles. The number of benzene rings is 1. The van der Waals surface area contributed by atoms with Crippen LogP contribution < -0.4 is 5.32 Å². The number of aliphatic hydroxyl groups excluding tert-OH is 1. The molecule has 2 saturated heterocycles. The van der Waals surface area contributed by atoms with Gasteiger partial charge in [0.15, 0.2) is 0 Å². The van der Waals surface area contributed by atoms with E-state index in [2.05, 4.69) is 60.2 Å². The molecule has 38 heavy (non-hydrogen) atoms. The minimum Gasteiger partial charge on any atom is -0.390 e. The Labute approximate surface area is 232 Å². The molecule has 2 N–H and O–H groups in total. The summed E-state index contributed by atoms with van der Waals surface area (Å²) in [5, 5.41) is 18.3. The van der Waals surface area contributed by atoms with Gasteiger partial charge in [0.2, 0.25) is 11.8 Å². The summed E-state index contributed by atoms with van der Waals surface area (Å²) in [6, 6.07) is 7.41. The molecule has 206 valence electrons. The number of halogens is 1. The first-order valence-electron chi connectivity index (χ1n) is 13.1. The fraction of sp³-hybridized carbons (Fsp3) is 0.552. The van der Waals surface area contributed by atoms with Gasteiger partial charge in [0.05, 0.1) is 24.0 Å². The molecule has 1 aromatic carbocycles. The van der Waals surface area contributed by atoms with Crippen LogP contribution in [0.25, 0.3) is 5.69 Å². The summed E-state index contributed by atoms with van der Waals surface area (Å²) < 4.78 is 1.99. The van der Waals surface area contributed by atoms with E-state index in [1.165, 1.54) is 11.1 Å². The zero-order valence-corrected chi connectivity index (χ0v) is 24.1. The van der Waals surface area contributed by atoms with Crippen molar-refractivity contribution in [3.63, 3.8) is 0 Å². The summed E-state index contributed by atoms with van der Waals surface area (Å²) in [6.45, 7) is 13.9. The first-order valence-corrected chi connectivity index (χ1v) is 13.1. The Bertz CT molecular complexity index is 1220. The Morgan fingerprint density at radius 1 is 1.13 bits per heavy atom. The van der Waals surface area contributed by atoms with E-state index in [1.54, 1.807) is 11.8 Å². The predicted octanol–water partition coefficient (Wildman–Crippen LogP) is 2.92. The van der Waals surface area contributed by atoms with E-state index >= 15 is 0 Å². The number of rotatable bonds is 6. The maximum atomic E-state index is 13.5. The Hall–Kier alpha value is -2.86. The van der Waals surface area contributed by atoms with Crippen LogP contribution in [0, 0.1) is 38.5 Å². The van der Waals surface area contributed by atoms with Gasteiger partial charge in [-0.05, 0) is 58.6 Å². The number of hydrogen-bond donors (Lipinski definition) is 2. The van der Waals surface area contributed by atoms with E-state index in [1.807, 2.05) is 25.5 Å². The Kier molecular flexibility index (Phi) is 9.30. The Morgan fingerprint density at radius 3 is 2.34 bits per heavy atom. The average molecular weight is 542 g/mol. The summed E-state index contributed by atoms with van der Waals surface area (Å²) in [5.74, 6) is 5.25. The number of piperidine rings is 1. The van der Waals surface area contributed by atoms with Crippen LogP contribution in [-0.4, -0.2) is 73.8 Å². The van der Waals surface area contributed by atoms with E-state index in [-0.39, 0.29) is 36.7 Å². The molecule has 0 bridgehead atoms. The van der Waals surface area contributed by atoms with Crippen molar-refractivity contribution in [2.45, 2.75) is 78.6 Å². The lowest BCUT2D eigenvalue weighted by Crippen LogP contribution is -2.74. The highest BCUT2D eigenvalue weighted by molar-refractivity contribution is 6.00. The number of piperazine rings is 1. The fourth-order valence-corrected chi connectivity index (χ4v) is 5.49. The van der Waals surface area contributed by atoms with Gasteiger partial charge in [0, 0.05) is 30.9 Å². The van der Waals surface area contributed by atoms with Gasteiger partial charge in [0.1, 0.15) is 11.6 Å². The highest BCUT2D eigenvalue weighted by atomic mass is 35.5. The topological polar surface area (TPSA) is 90.7 Å². The molecule has 2 fully saturated rings. The molecular weight excluding hydrogens is 502 g/mol. The number of carbonyl (C=O) groups excluding carboxylic acids is 2. The van der Waals surface area contributed by atoms with Crippen LogP contribution in [-0.2, 0) is 16.1 Å². The summed E-state index contributed by atoms with van der Waals surface area (Å²) in [7, 11) is 0. The molecule has 4 rings (SSSR count). The monoisotopic (exact) mass is 541 g/mol. The van der Waals surface area contributed by atoms with E-state index in [0.717, 1.165) is 23.6 Å². The average Bonchev–Trinajstić information content (AvgIpc) is 3.15. The van der Waals surface area contributed by atoms with Crippen LogP contribution in [0.3, 0.4) is 0 Å². The molecule has 0 aliphatic carbocycles. The molecule has 2 amide bonds. The number of aryl methyl sites for hydroxylation is 2. The van der Waals surface area contributed by atoms with Gasteiger partial charge in [-0.15, -0.1) is 18.3 Å². The molecular formula is C29H40ClN5O3. The smallest absolute Gasteiger partial charge is 0.249 e. The Balaban J connectivity index is 0.00000400. The highest BCUT2D eigenvalue weighted by Crippen LogP contribution is 2.34. The van der Waals surface area contributed by atoms with Crippen molar-refractivity contribution in [3.8, 4) is 17.5 Å². The van der Waals surface area contributed by atoms with Gasteiger partial charge in [-0.25, -0.2) is 4.68 Å². The fourth-order valence-electron chi connectivity index (χ4n) is 5.49. The molecule has 1 spiro atoms. The summed E-state index contributed by atoms with van der Waals surface area (Å²) >= 11 is 0. The lowest BCUT2D eigenvalue weighted by atomic mass is 9.80. The van der Waals surface area contributed by atoms with Crippen molar-refractivity contribution in [1.82, 2.24) is 24.9 Å². The molecule has 2 aliphatic rings. The van der Waals surface area contributed by atoms with E-state index in [0.29, 0.717) is 25.9 Å². The number of nitrogens with zero attached hydrogens (tertiary/aromatic N) is 4. The third kappa shape index (κ3) is 5.47. The second-order valence-electron chi connectivity index (χ2n) is 10.7. The zero-order chi connectivity index (χ0) is 26.9. The number of nitrogens with one attached hydrogen (secondary N) is 1. The lowest BCUT2D eigenvalue weighted by molar-refractivity contribution is -0.164. The van der Waals surface area contributed by atoms with Crippen molar-refractivity contribution in [2.75, 3.05) is 19.6 Å². The standard InChI is InChI=1S/C29H39N5O3.ClH/c1-7-8-15-33-27(36)25(26(35)19(2)3)30-28(37)29(33)13-16-32(17-14-29)18-24-21(5)31-34(22(24)6)23-11-9-20(4)10-12-23;/h9-12,19,25-26,35H,13-18H2,1-6H3,(H,30,37);1H/t25-,26-;/m1./s1. The van der Waals surface area contributed by atoms with Gasteiger partial charge in [0.25, 0.3) is 0 Å². The van der Waals surface area contributed by atoms with E-state index in [4.69, 9.17) is 5.10 Å². The predicted molar refractivity (Wildman–Crippen MR) is 150 cm³/mol. The molecule has 2 aliphatic heterocycles. The van der Waals surface area contributed by atoms with Crippen molar-refractivity contribution >= 4 is 24.2 Å². The second-order valence-corrected chi connectivity index (χ2v) is 10.7. The molecule has 0 radical (unpaired) electrons. The zero-order valence-electron chi connectivity index (χ0n) is 23.2. The lowest BCUT2D eigenvalue weighted by Gasteiger charge is -2.51. The summed E-state index contributed by atoms with van der Waals surface area (Å²) in [4.78, 5) is 30.9. The molecule has 1 aromatic heterocycles. The first-order chi connectivity index (χ1) is 17.6. The summed E-state index contributed by atoms with van der Waals surface area (Å²) in [6.07, 6.45) is 0.0944. The highest BCUT2D eigenvalue weighted by Gasteiger charge is 2.54. The van der Waals surface area contributed by atoms with Crippen molar-refractivity contribution < 1.29 is 14.7 Å². The minimum atomic E-state index is -0.944. The van der Waals surface area contributed by atoms with Crippen molar-refractivity contribution in [3.05, 3.63) is 46.8 Å². The molecule has 8 nitrogen and oxygen atoms in total. The maximum Gasteiger partial charge on any atom is 0.249 e. The number of aliphatic hydroxyl groups is 1. The number of hydrogen-bond acceptors (Lipinski definition) is 5. The number of aromatic nitrogens is 2. The third-order valence-electron chi connectivity index (χ3n) is 7.98. The van der Waals surface area contributed by atoms with Gasteiger partial charge >= 0.3 is 0 Å². The quantitative estimate of drug-likeness (QED) is 0.549. The number of amides is 2. The minimum absolute atomic E-state index is 0. The van der Waals surface area contributed by atoms with Crippen LogP contribution in [0.5, 0.6) is 0 Å². The van der Waals surface area contributed by atoms with Gasteiger partial charge in [-0.1, -0.05) is 37.5 Å². The van der Waals surface area contributed by atoms with Crippen LogP contribution in [0.4, 0.5) is 0 Å². The van der Waals surface area contributed by atoms with Crippen LogP contribution in [0.1, 0.15) is 56.1 Å².